The topological polar surface area (TPSA) is 58.9 Å². The molecule has 4 rings (SSSR count). The third-order valence-corrected chi connectivity index (χ3v) is 4.06. The van der Waals surface area contributed by atoms with Crippen LogP contribution in [0.5, 0.6) is 0 Å². The molecule has 3 heterocycles. The molecule has 3 aromatic heterocycles. The van der Waals surface area contributed by atoms with E-state index in [0.29, 0.717) is 21.7 Å². The second-order valence-corrected chi connectivity index (χ2v) is 5.77. The molecule has 0 aliphatic carbocycles. The summed E-state index contributed by atoms with van der Waals surface area (Å²) in [7, 11) is 0. The van der Waals surface area contributed by atoms with Crippen LogP contribution >= 0.6 is 11.6 Å². The molecule has 0 radical (unpaired) electrons. The van der Waals surface area contributed by atoms with Gasteiger partial charge >= 0.3 is 6.18 Å². The fourth-order valence-corrected chi connectivity index (χ4v) is 2.94. The number of fused-ring (bicyclic) bond motifs is 2. The second kappa shape index (κ2) is 4.94. The highest BCUT2D eigenvalue weighted by atomic mass is 35.5. The zero-order valence-electron chi connectivity index (χ0n) is 12.2. The first-order valence-electron chi connectivity index (χ1n) is 6.91. The molecule has 4 aromatic rings. The van der Waals surface area contributed by atoms with Gasteiger partial charge in [-0.15, -0.1) is 5.10 Å². The third kappa shape index (κ3) is 2.22. The van der Waals surface area contributed by atoms with Crippen LogP contribution in [0, 0.1) is 6.92 Å². The van der Waals surface area contributed by atoms with Crippen molar-refractivity contribution in [3.8, 4) is 11.1 Å². The van der Waals surface area contributed by atoms with Crippen molar-refractivity contribution >= 4 is 28.2 Å². The maximum atomic E-state index is 12.9. The number of pyridine rings is 1. The van der Waals surface area contributed by atoms with E-state index in [0.717, 1.165) is 15.5 Å². The Morgan fingerprint density at radius 2 is 2.04 bits per heavy atom. The van der Waals surface area contributed by atoms with Crippen LogP contribution in [0.1, 0.15) is 11.4 Å². The van der Waals surface area contributed by atoms with Crippen molar-refractivity contribution in [3.05, 3.63) is 47.0 Å². The van der Waals surface area contributed by atoms with E-state index in [9.17, 15) is 13.2 Å². The Hall–Kier alpha value is -2.61. The number of H-pyrrole nitrogens is 1. The summed E-state index contributed by atoms with van der Waals surface area (Å²) in [4.78, 5) is 3.68. The summed E-state index contributed by atoms with van der Waals surface area (Å²) in [6, 6.07) is 5.16. The van der Waals surface area contributed by atoms with Gasteiger partial charge in [0.15, 0.2) is 5.65 Å². The van der Waals surface area contributed by atoms with Gasteiger partial charge in [0.05, 0.1) is 16.7 Å². The highest BCUT2D eigenvalue weighted by Gasteiger charge is 2.36. The monoisotopic (exact) mass is 351 g/mol. The molecule has 24 heavy (non-hydrogen) atoms. The normalized spacial score (nSPS) is 12.4. The van der Waals surface area contributed by atoms with Gasteiger partial charge in [-0.3, -0.25) is 5.10 Å². The van der Waals surface area contributed by atoms with Gasteiger partial charge < -0.3 is 0 Å². The molecule has 0 amide bonds. The Bertz CT molecular complexity index is 1080. The number of hydrogen-bond acceptors (Lipinski definition) is 3. The molecule has 0 fully saturated rings. The van der Waals surface area contributed by atoms with E-state index in [2.05, 4.69) is 20.3 Å². The zero-order chi connectivity index (χ0) is 17.1. The predicted octanol–water partition coefficient (Wildman–Crippen LogP) is 4.25. The van der Waals surface area contributed by atoms with Gasteiger partial charge in [0, 0.05) is 17.1 Å². The van der Waals surface area contributed by atoms with E-state index in [4.69, 9.17) is 11.6 Å². The van der Waals surface area contributed by atoms with Gasteiger partial charge in [0.1, 0.15) is 0 Å². The minimum Gasteiger partial charge on any atom is -0.276 e. The number of aryl methyl sites for hydroxylation is 1. The van der Waals surface area contributed by atoms with Crippen molar-refractivity contribution in [1.82, 2.24) is 24.8 Å². The average molecular weight is 352 g/mol. The number of nitrogens with zero attached hydrogens (tertiary/aromatic N) is 4. The SMILES string of the molecule is Cc1ccn2nc(C(F)(F)F)nc2c1-c1cc(Cl)c2[nH]ncc2c1. The lowest BCUT2D eigenvalue weighted by atomic mass is 10.0. The maximum Gasteiger partial charge on any atom is 0.453 e. The molecule has 5 nitrogen and oxygen atoms in total. The maximum absolute atomic E-state index is 12.9. The largest absolute Gasteiger partial charge is 0.453 e. The van der Waals surface area contributed by atoms with Gasteiger partial charge in [0.25, 0.3) is 5.82 Å². The molecule has 0 bridgehead atoms. The first-order chi connectivity index (χ1) is 11.3. The van der Waals surface area contributed by atoms with Crippen molar-refractivity contribution in [3.63, 3.8) is 0 Å². The van der Waals surface area contributed by atoms with Gasteiger partial charge in [-0.2, -0.15) is 18.3 Å². The van der Waals surface area contributed by atoms with Crippen LogP contribution < -0.4 is 0 Å². The van der Waals surface area contributed by atoms with Gasteiger partial charge in [-0.05, 0) is 36.2 Å². The van der Waals surface area contributed by atoms with Crippen LogP contribution in [0.3, 0.4) is 0 Å². The van der Waals surface area contributed by atoms with E-state index in [1.54, 1.807) is 31.3 Å². The number of hydrogen-bond donors (Lipinski definition) is 1. The number of benzene rings is 1. The summed E-state index contributed by atoms with van der Waals surface area (Å²) in [5.41, 5.74) is 2.76. The van der Waals surface area contributed by atoms with Gasteiger partial charge in [-0.1, -0.05) is 11.6 Å². The first kappa shape index (κ1) is 14.9. The summed E-state index contributed by atoms with van der Waals surface area (Å²) in [6.07, 6.45) is -1.55. The van der Waals surface area contributed by atoms with Crippen LogP contribution in [-0.2, 0) is 6.18 Å². The van der Waals surface area contributed by atoms with Crippen molar-refractivity contribution < 1.29 is 13.2 Å². The lowest BCUT2D eigenvalue weighted by molar-refractivity contribution is -0.144. The van der Waals surface area contributed by atoms with Crippen LogP contribution in [0.15, 0.2) is 30.6 Å². The number of aromatic amines is 1. The molecule has 0 spiro atoms. The summed E-state index contributed by atoms with van der Waals surface area (Å²) < 4.78 is 39.9. The molecular formula is C15H9ClF3N5. The molecule has 122 valence electrons. The van der Waals surface area contributed by atoms with Crippen molar-refractivity contribution in [2.24, 2.45) is 0 Å². The van der Waals surface area contributed by atoms with E-state index in [1.165, 1.54) is 6.20 Å². The average Bonchev–Trinajstić information content (AvgIpc) is 3.12. The van der Waals surface area contributed by atoms with Crippen LogP contribution in [0.2, 0.25) is 5.02 Å². The lowest BCUT2D eigenvalue weighted by Crippen LogP contribution is -2.07. The van der Waals surface area contributed by atoms with Crippen LogP contribution in [0.25, 0.3) is 27.7 Å². The third-order valence-electron chi connectivity index (χ3n) is 3.76. The smallest absolute Gasteiger partial charge is 0.276 e. The summed E-state index contributed by atoms with van der Waals surface area (Å²) in [5.74, 6) is -1.18. The zero-order valence-corrected chi connectivity index (χ0v) is 12.9. The standard InChI is InChI=1S/C15H9ClF3N5/c1-7-2-3-24-13(21-14(23-24)15(17,18)19)11(7)8-4-9-6-20-22-12(9)10(16)5-8/h2-6H,1H3,(H,20,22). The summed E-state index contributed by atoms with van der Waals surface area (Å²) in [6.45, 7) is 1.80. The molecule has 0 atom stereocenters. The quantitative estimate of drug-likeness (QED) is 0.557. The number of nitrogens with one attached hydrogen (secondary N) is 1. The fraction of sp³-hybridized carbons (Fsp3) is 0.133. The molecule has 1 aromatic carbocycles. The fourth-order valence-electron chi connectivity index (χ4n) is 2.68. The van der Waals surface area contributed by atoms with E-state index < -0.39 is 12.0 Å². The van der Waals surface area contributed by atoms with E-state index >= 15 is 0 Å². The number of alkyl halides is 3. The van der Waals surface area contributed by atoms with E-state index in [1.807, 2.05) is 0 Å². The molecule has 1 N–H and O–H groups in total. The molecule has 9 heteroatoms. The highest BCUT2D eigenvalue weighted by molar-refractivity contribution is 6.35. The predicted molar refractivity (Wildman–Crippen MR) is 82.8 cm³/mol. The number of rotatable bonds is 1. The number of aromatic nitrogens is 5. The molecule has 0 unspecified atom stereocenters. The van der Waals surface area contributed by atoms with E-state index in [-0.39, 0.29) is 5.65 Å². The Morgan fingerprint density at radius 1 is 1.25 bits per heavy atom. The van der Waals surface area contributed by atoms with Crippen molar-refractivity contribution in [2.75, 3.05) is 0 Å². The van der Waals surface area contributed by atoms with Crippen molar-refractivity contribution in [2.45, 2.75) is 13.1 Å². The highest BCUT2D eigenvalue weighted by Crippen LogP contribution is 2.34. The summed E-state index contributed by atoms with van der Waals surface area (Å²) >= 11 is 6.24. The Morgan fingerprint density at radius 3 is 2.79 bits per heavy atom. The second-order valence-electron chi connectivity index (χ2n) is 5.37. The van der Waals surface area contributed by atoms with Crippen molar-refractivity contribution in [1.29, 1.82) is 0 Å². The van der Waals surface area contributed by atoms with Crippen LogP contribution in [-0.4, -0.2) is 24.8 Å². The minimum atomic E-state index is -4.61. The molecule has 0 aliphatic rings. The first-order valence-corrected chi connectivity index (χ1v) is 7.28. The Balaban J connectivity index is 2.03. The lowest BCUT2D eigenvalue weighted by Gasteiger charge is -2.08. The molecule has 0 aliphatic heterocycles. The Kier molecular flexibility index (Phi) is 3.08. The molecular weight excluding hydrogens is 343 g/mol. The van der Waals surface area contributed by atoms with Crippen LogP contribution in [0.4, 0.5) is 13.2 Å². The Labute approximate surface area is 138 Å². The number of halogens is 4. The summed E-state index contributed by atoms with van der Waals surface area (Å²) in [5, 5.41) is 11.4. The van der Waals surface area contributed by atoms with Gasteiger partial charge in [-0.25, -0.2) is 9.50 Å². The van der Waals surface area contributed by atoms with Gasteiger partial charge in [0.2, 0.25) is 0 Å². The minimum absolute atomic E-state index is 0.126. The molecule has 0 saturated carbocycles. The molecule has 0 saturated heterocycles.